The number of amides is 4. The predicted molar refractivity (Wildman–Crippen MR) is 189 cm³/mol. The van der Waals surface area contributed by atoms with Gasteiger partial charge in [-0.3, -0.25) is 33.8 Å². The molecule has 0 aromatic carbocycles. The Labute approximate surface area is 297 Å². The molecule has 2 aliphatic carbocycles. The van der Waals surface area contributed by atoms with Crippen molar-refractivity contribution in [2.45, 2.75) is 143 Å². The summed E-state index contributed by atoms with van der Waals surface area (Å²) in [6, 6.07) is -2.75. The van der Waals surface area contributed by atoms with E-state index in [1.165, 1.54) is 18.6 Å². The topological polar surface area (TPSA) is 168 Å². The molecule has 2 saturated carbocycles. The first-order chi connectivity index (χ1) is 23.8. The minimum absolute atomic E-state index is 0.0530. The number of hydrogen-bond donors (Lipinski definition) is 3. The number of nitrogens with zero attached hydrogens (tertiary/aromatic N) is 3. The van der Waals surface area contributed by atoms with Crippen LogP contribution in [0, 0.1) is 29.1 Å². The molecule has 1 saturated heterocycles. The van der Waals surface area contributed by atoms with Crippen LogP contribution in [0.4, 0.5) is 0 Å². The SMILES string of the molecule is CCC[C@H](NC(=O)[C@@H]1[C@H]2CCC[C@H]2CN1C(=O)[C@@H](CC(=O)[C@@H](NC(=O)c1cnccn1)C1CCCCC1)C(C)(C)C)C(=O)C(=O)N[C@@H](C)CC. The van der Waals surface area contributed by atoms with Gasteiger partial charge in [-0.05, 0) is 68.6 Å². The largest absolute Gasteiger partial charge is 0.347 e. The van der Waals surface area contributed by atoms with Crippen LogP contribution in [0.3, 0.4) is 0 Å². The summed E-state index contributed by atoms with van der Waals surface area (Å²) in [4.78, 5) is 92.1. The fourth-order valence-corrected chi connectivity index (χ4v) is 8.09. The van der Waals surface area contributed by atoms with E-state index in [1.54, 1.807) is 4.90 Å². The summed E-state index contributed by atoms with van der Waals surface area (Å²) in [5, 5.41) is 8.54. The van der Waals surface area contributed by atoms with Gasteiger partial charge in [0, 0.05) is 37.3 Å². The number of carbonyl (C=O) groups is 6. The average molecular weight is 695 g/mol. The number of Topliss-reactive ketones (excluding diaryl/α,β-unsaturated/α-hetero) is 2. The van der Waals surface area contributed by atoms with Gasteiger partial charge in [-0.2, -0.15) is 0 Å². The minimum atomic E-state index is -0.997. The summed E-state index contributed by atoms with van der Waals surface area (Å²) in [5.74, 6) is -3.51. The summed E-state index contributed by atoms with van der Waals surface area (Å²) in [6.45, 7) is 11.8. The van der Waals surface area contributed by atoms with Crippen LogP contribution in [0.25, 0.3) is 0 Å². The zero-order valence-corrected chi connectivity index (χ0v) is 30.8. The molecule has 276 valence electrons. The fraction of sp³-hybridized carbons (Fsp3) is 0.737. The second-order valence-electron chi connectivity index (χ2n) is 15.8. The third-order valence-corrected chi connectivity index (χ3v) is 11.2. The fourth-order valence-electron chi connectivity index (χ4n) is 8.09. The number of fused-ring (bicyclic) bond motifs is 1. The lowest BCUT2D eigenvalue weighted by Gasteiger charge is -2.37. The van der Waals surface area contributed by atoms with Gasteiger partial charge in [0.05, 0.1) is 18.3 Å². The molecule has 0 bridgehead atoms. The molecule has 7 atom stereocenters. The van der Waals surface area contributed by atoms with Crippen LogP contribution in [-0.2, 0) is 24.0 Å². The summed E-state index contributed by atoms with van der Waals surface area (Å²) in [6.07, 6.45) is 13.0. The van der Waals surface area contributed by atoms with Crippen molar-refractivity contribution in [3.8, 4) is 0 Å². The lowest BCUT2D eigenvalue weighted by atomic mass is 9.74. The van der Waals surface area contributed by atoms with Crippen LogP contribution in [-0.4, -0.2) is 80.8 Å². The van der Waals surface area contributed by atoms with E-state index in [-0.39, 0.29) is 47.6 Å². The number of rotatable bonds is 15. The van der Waals surface area contributed by atoms with Gasteiger partial charge in [-0.25, -0.2) is 4.98 Å². The Kier molecular flexibility index (Phi) is 13.7. The number of likely N-dealkylation sites (tertiary alicyclic amines) is 1. The summed E-state index contributed by atoms with van der Waals surface area (Å²) >= 11 is 0. The van der Waals surface area contributed by atoms with Gasteiger partial charge in [-0.15, -0.1) is 0 Å². The van der Waals surface area contributed by atoms with Crippen molar-refractivity contribution in [2.75, 3.05) is 6.54 Å². The first-order valence-electron chi connectivity index (χ1n) is 18.8. The molecule has 3 aliphatic rings. The highest BCUT2D eigenvalue weighted by Gasteiger charge is 2.52. The molecule has 12 heteroatoms. The molecule has 3 fully saturated rings. The van der Waals surface area contributed by atoms with E-state index in [2.05, 4.69) is 25.9 Å². The zero-order valence-electron chi connectivity index (χ0n) is 30.8. The smallest absolute Gasteiger partial charge is 0.289 e. The third-order valence-electron chi connectivity index (χ3n) is 11.2. The molecule has 0 spiro atoms. The lowest BCUT2D eigenvalue weighted by Crippen LogP contribution is -2.56. The molecule has 4 amide bonds. The Bertz CT molecular complexity index is 1370. The Morgan fingerprint density at radius 1 is 0.920 bits per heavy atom. The minimum Gasteiger partial charge on any atom is -0.347 e. The first-order valence-corrected chi connectivity index (χ1v) is 18.8. The van der Waals surface area contributed by atoms with Crippen LogP contribution in [0.15, 0.2) is 18.6 Å². The Morgan fingerprint density at radius 3 is 2.26 bits per heavy atom. The van der Waals surface area contributed by atoms with E-state index in [0.29, 0.717) is 25.8 Å². The maximum absolute atomic E-state index is 14.7. The van der Waals surface area contributed by atoms with Gasteiger partial charge in [0.15, 0.2) is 5.78 Å². The van der Waals surface area contributed by atoms with Gasteiger partial charge in [0.1, 0.15) is 11.7 Å². The van der Waals surface area contributed by atoms with Crippen molar-refractivity contribution in [2.24, 2.45) is 29.1 Å². The molecule has 50 heavy (non-hydrogen) atoms. The summed E-state index contributed by atoms with van der Waals surface area (Å²) in [5.41, 5.74) is -0.508. The highest BCUT2D eigenvalue weighted by Crippen LogP contribution is 2.44. The third kappa shape index (κ3) is 9.54. The summed E-state index contributed by atoms with van der Waals surface area (Å²) in [7, 11) is 0. The van der Waals surface area contributed by atoms with Crippen molar-refractivity contribution < 1.29 is 28.8 Å². The first kappa shape index (κ1) is 39.1. The van der Waals surface area contributed by atoms with Crippen LogP contribution in [0.5, 0.6) is 0 Å². The molecule has 3 N–H and O–H groups in total. The van der Waals surface area contributed by atoms with E-state index >= 15 is 0 Å². The number of carbonyl (C=O) groups excluding carboxylic acids is 6. The zero-order chi connectivity index (χ0) is 36.6. The van der Waals surface area contributed by atoms with Gasteiger partial charge in [0.2, 0.25) is 17.6 Å². The lowest BCUT2D eigenvalue weighted by molar-refractivity contribution is -0.148. The average Bonchev–Trinajstić information content (AvgIpc) is 3.70. The van der Waals surface area contributed by atoms with E-state index in [1.807, 2.05) is 41.5 Å². The molecular formula is C38H58N6O6. The monoisotopic (exact) mass is 694 g/mol. The standard InChI is InChI=1S/C38H58N6O6/c1-7-13-28(33(46)36(49)41-23(3)8-2)42-35(48)32-26-17-12-16-25(26)22-44(32)37(50)27(38(4,5)6)20-30(45)31(24-14-10-9-11-15-24)43-34(47)29-21-39-18-19-40-29/h18-19,21,23-28,31-32H,7-17,20,22H2,1-6H3,(H,41,49)(H,42,48)(H,43,47)/t23-,25-,26-,27+,28-,31-,32-/m0/s1. The molecule has 0 unspecified atom stereocenters. The second-order valence-corrected chi connectivity index (χ2v) is 15.8. The molecule has 1 aromatic rings. The Balaban J connectivity index is 1.57. The van der Waals surface area contributed by atoms with Gasteiger partial charge >= 0.3 is 0 Å². The Hall–Kier alpha value is -3.70. The molecule has 2 heterocycles. The van der Waals surface area contributed by atoms with Crippen molar-refractivity contribution in [3.63, 3.8) is 0 Å². The van der Waals surface area contributed by atoms with E-state index < -0.39 is 53.0 Å². The molecule has 1 aliphatic heterocycles. The number of ketones is 2. The van der Waals surface area contributed by atoms with E-state index in [4.69, 9.17) is 0 Å². The quantitative estimate of drug-likeness (QED) is 0.230. The van der Waals surface area contributed by atoms with Gasteiger partial charge in [0.25, 0.3) is 11.8 Å². The molecule has 4 rings (SSSR count). The van der Waals surface area contributed by atoms with Crippen LogP contribution < -0.4 is 16.0 Å². The van der Waals surface area contributed by atoms with Gasteiger partial charge in [-0.1, -0.05) is 66.7 Å². The van der Waals surface area contributed by atoms with Crippen LogP contribution >= 0.6 is 0 Å². The number of aromatic nitrogens is 2. The van der Waals surface area contributed by atoms with Crippen LogP contribution in [0.2, 0.25) is 0 Å². The highest BCUT2D eigenvalue weighted by molar-refractivity contribution is 6.38. The Morgan fingerprint density at radius 2 is 1.64 bits per heavy atom. The maximum atomic E-state index is 14.7. The highest BCUT2D eigenvalue weighted by atomic mass is 16.2. The number of nitrogens with one attached hydrogen (secondary N) is 3. The van der Waals surface area contributed by atoms with Crippen molar-refractivity contribution in [3.05, 3.63) is 24.3 Å². The van der Waals surface area contributed by atoms with Crippen LogP contribution in [0.1, 0.15) is 129 Å². The number of hydrogen-bond acceptors (Lipinski definition) is 8. The molecule has 12 nitrogen and oxygen atoms in total. The summed E-state index contributed by atoms with van der Waals surface area (Å²) < 4.78 is 0. The maximum Gasteiger partial charge on any atom is 0.289 e. The van der Waals surface area contributed by atoms with E-state index in [9.17, 15) is 28.8 Å². The normalized spacial score (nSPS) is 23.2. The molecule has 0 radical (unpaired) electrons. The second kappa shape index (κ2) is 17.5. The molecule has 1 aromatic heterocycles. The van der Waals surface area contributed by atoms with Crippen molar-refractivity contribution in [1.82, 2.24) is 30.8 Å². The van der Waals surface area contributed by atoms with Crippen molar-refractivity contribution in [1.29, 1.82) is 0 Å². The van der Waals surface area contributed by atoms with E-state index in [0.717, 1.165) is 51.4 Å². The van der Waals surface area contributed by atoms with Crippen molar-refractivity contribution >= 4 is 35.2 Å². The molecular weight excluding hydrogens is 636 g/mol. The van der Waals surface area contributed by atoms with Gasteiger partial charge < -0.3 is 20.9 Å². The predicted octanol–water partition coefficient (Wildman–Crippen LogP) is 4.17.